The van der Waals surface area contributed by atoms with Crippen molar-refractivity contribution in [3.05, 3.63) is 55.5 Å². The average molecular weight is 487 g/mol. The molecule has 0 spiro atoms. The van der Waals surface area contributed by atoms with Gasteiger partial charge in [-0.2, -0.15) is 0 Å². The molecule has 0 saturated carbocycles. The normalized spacial score (nSPS) is 17.2. The lowest BCUT2D eigenvalue weighted by atomic mass is 10.2. The number of amidine groups is 1. The highest BCUT2D eigenvalue weighted by atomic mass is 127. The van der Waals surface area contributed by atoms with E-state index in [4.69, 9.17) is 16.3 Å². The number of carbonyl (C=O) groups excluding carboxylic acids is 1. The van der Waals surface area contributed by atoms with Gasteiger partial charge in [-0.15, -0.1) is 0 Å². The Kier molecular flexibility index (Phi) is 5.55. The van der Waals surface area contributed by atoms with Crippen LogP contribution in [-0.4, -0.2) is 23.3 Å². The number of benzene rings is 2. The van der Waals surface area contributed by atoms with Gasteiger partial charge in [-0.3, -0.25) is 4.79 Å². The van der Waals surface area contributed by atoms with E-state index in [1.165, 1.54) is 18.9 Å². The average Bonchev–Trinajstić information content (AvgIpc) is 2.92. The number of amides is 1. The molecule has 2 aromatic rings. The molecule has 1 saturated heterocycles. The molecule has 1 fully saturated rings. The number of hydrogen-bond donors (Lipinski definition) is 2. The van der Waals surface area contributed by atoms with E-state index in [0.717, 1.165) is 5.56 Å². The van der Waals surface area contributed by atoms with Gasteiger partial charge >= 0.3 is 0 Å². The number of para-hydroxylation sites is 1. The summed E-state index contributed by atoms with van der Waals surface area (Å²) in [7, 11) is 1.48. The summed E-state index contributed by atoms with van der Waals surface area (Å²) in [5.41, 5.74) is 1.34. The molecule has 1 heterocycles. The number of aromatic hydroxyl groups is 1. The third-order valence-electron chi connectivity index (χ3n) is 3.29. The lowest BCUT2D eigenvalue weighted by Crippen LogP contribution is -2.19. The Balaban J connectivity index is 1.90. The predicted octanol–water partition coefficient (Wildman–Crippen LogP) is 4.55. The smallest absolute Gasteiger partial charge is 0.264 e. The standard InChI is InChI=1S/C17H12ClIN2O3S/c1-24-13-7-9(6-11(19)15(13)22)8-14-16(23)21-17(25-14)20-12-5-3-2-4-10(12)18/h2-8,22H,1H3,(H,20,21,23). The van der Waals surface area contributed by atoms with Crippen molar-refractivity contribution >= 4 is 68.8 Å². The van der Waals surface area contributed by atoms with E-state index >= 15 is 0 Å². The fourth-order valence-electron chi connectivity index (χ4n) is 2.12. The van der Waals surface area contributed by atoms with Gasteiger partial charge in [0.2, 0.25) is 0 Å². The largest absolute Gasteiger partial charge is 0.504 e. The summed E-state index contributed by atoms with van der Waals surface area (Å²) in [6, 6.07) is 10.6. The van der Waals surface area contributed by atoms with Crippen molar-refractivity contribution in [2.75, 3.05) is 7.11 Å². The van der Waals surface area contributed by atoms with Gasteiger partial charge in [0.05, 0.1) is 26.3 Å². The first-order valence-electron chi connectivity index (χ1n) is 7.08. The van der Waals surface area contributed by atoms with Gasteiger partial charge in [-0.05, 0) is 70.3 Å². The van der Waals surface area contributed by atoms with Crippen molar-refractivity contribution in [2.45, 2.75) is 0 Å². The van der Waals surface area contributed by atoms with E-state index in [2.05, 4.69) is 10.3 Å². The highest BCUT2D eigenvalue weighted by Gasteiger charge is 2.24. The van der Waals surface area contributed by atoms with Crippen LogP contribution in [0.4, 0.5) is 5.69 Å². The lowest BCUT2D eigenvalue weighted by Gasteiger charge is -2.06. The van der Waals surface area contributed by atoms with Crippen LogP contribution in [0.25, 0.3) is 6.08 Å². The first-order valence-corrected chi connectivity index (χ1v) is 9.36. The monoisotopic (exact) mass is 486 g/mol. The molecule has 128 valence electrons. The zero-order chi connectivity index (χ0) is 18.0. The van der Waals surface area contributed by atoms with Gasteiger partial charge in [0.1, 0.15) is 0 Å². The minimum atomic E-state index is -0.238. The van der Waals surface area contributed by atoms with Crippen molar-refractivity contribution in [1.29, 1.82) is 0 Å². The van der Waals surface area contributed by atoms with Crippen LogP contribution in [0, 0.1) is 3.57 Å². The first kappa shape index (κ1) is 18.1. The van der Waals surface area contributed by atoms with Crippen LogP contribution in [0.15, 0.2) is 46.3 Å². The number of nitrogens with zero attached hydrogens (tertiary/aromatic N) is 1. The van der Waals surface area contributed by atoms with Crippen molar-refractivity contribution in [2.24, 2.45) is 4.99 Å². The maximum Gasteiger partial charge on any atom is 0.264 e. The van der Waals surface area contributed by atoms with E-state index < -0.39 is 0 Å². The fraction of sp³-hybridized carbons (Fsp3) is 0.0588. The molecule has 0 bridgehead atoms. The van der Waals surface area contributed by atoms with Crippen LogP contribution in [0.2, 0.25) is 5.02 Å². The zero-order valence-electron chi connectivity index (χ0n) is 12.9. The molecule has 5 nitrogen and oxygen atoms in total. The molecule has 1 aliphatic heterocycles. The minimum Gasteiger partial charge on any atom is -0.504 e. The highest BCUT2D eigenvalue weighted by molar-refractivity contribution is 14.1. The Labute approximate surface area is 167 Å². The van der Waals surface area contributed by atoms with Crippen LogP contribution in [0.1, 0.15) is 5.56 Å². The lowest BCUT2D eigenvalue weighted by molar-refractivity contribution is -0.115. The third-order valence-corrected chi connectivity index (χ3v) is 5.35. The number of aliphatic imine (C=N–C) groups is 1. The highest BCUT2D eigenvalue weighted by Crippen LogP contribution is 2.35. The number of methoxy groups -OCH3 is 1. The van der Waals surface area contributed by atoms with Crippen molar-refractivity contribution in [3.63, 3.8) is 0 Å². The number of ether oxygens (including phenoxy) is 1. The molecule has 0 unspecified atom stereocenters. The quantitative estimate of drug-likeness (QED) is 0.493. The predicted molar refractivity (Wildman–Crippen MR) is 110 cm³/mol. The van der Waals surface area contributed by atoms with Gasteiger partial charge in [-0.25, -0.2) is 4.99 Å². The minimum absolute atomic E-state index is 0.0785. The van der Waals surface area contributed by atoms with Crippen molar-refractivity contribution in [3.8, 4) is 11.5 Å². The number of halogens is 2. The Morgan fingerprint density at radius 2 is 2.12 bits per heavy atom. The van der Waals surface area contributed by atoms with Gasteiger partial charge in [0.15, 0.2) is 16.7 Å². The molecule has 0 radical (unpaired) electrons. The molecule has 1 amide bonds. The van der Waals surface area contributed by atoms with Crippen LogP contribution in [-0.2, 0) is 4.79 Å². The number of rotatable bonds is 3. The van der Waals surface area contributed by atoms with Gasteiger partial charge in [0.25, 0.3) is 5.91 Å². The molecule has 8 heteroatoms. The van der Waals surface area contributed by atoms with E-state index in [1.807, 2.05) is 34.7 Å². The molecule has 0 atom stereocenters. The second-order valence-corrected chi connectivity index (χ2v) is 7.59. The number of phenols is 1. The second-order valence-electron chi connectivity index (χ2n) is 4.99. The summed E-state index contributed by atoms with van der Waals surface area (Å²) in [5, 5.41) is 13.6. The van der Waals surface area contributed by atoms with Gasteiger partial charge < -0.3 is 15.2 Å². The number of carbonyl (C=O) groups is 1. The Morgan fingerprint density at radius 3 is 2.84 bits per heavy atom. The Hall–Kier alpha value is -1.71. The van der Waals surface area contributed by atoms with E-state index in [0.29, 0.717) is 30.1 Å². The molecule has 0 aliphatic carbocycles. The first-order chi connectivity index (χ1) is 12.0. The summed E-state index contributed by atoms with van der Waals surface area (Å²) < 4.78 is 5.78. The summed E-state index contributed by atoms with van der Waals surface area (Å²) in [5.74, 6) is 0.194. The summed E-state index contributed by atoms with van der Waals surface area (Å²) in [4.78, 5) is 17.0. The van der Waals surface area contributed by atoms with Crippen LogP contribution < -0.4 is 10.1 Å². The number of thioether (sulfide) groups is 1. The molecular weight excluding hydrogens is 475 g/mol. The Bertz CT molecular complexity index is 915. The molecule has 2 aromatic carbocycles. The fourth-order valence-corrected chi connectivity index (χ4v) is 3.75. The van der Waals surface area contributed by atoms with E-state index in [1.54, 1.807) is 30.3 Å². The Morgan fingerprint density at radius 1 is 1.36 bits per heavy atom. The van der Waals surface area contributed by atoms with Crippen molar-refractivity contribution in [1.82, 2.24) is 5.32 Å². The van der Waals surface area contributed by atoms with Crippen LogP contribution >= 0.6 is 46.0 Å². The van der Waals surface area contributed by atoms with Crippen LogP contribution in [0.5, 0.6) is 11.5 Å². The molecule has 1 aliphatic rings. The van der Waals surface area contributed by atoms with Crippen LogP contribution in [0.3, 0.4) is 0 Å². The van der Waals surface area contributed by atoms with Gasteiger partial charge in [-0.1, -0.05) is 23.7 Å². The van der Waals surface area contributed by atoms with E-state index in [9.17, 15) is 9.90 Å². The van der Waals surface area contributed by atoms with Crippen molar-refractivity contribution < 1.29 is 14.6 Å². The summed E-state index contributed by atoms with van der Waals surface area (Å²) in [6.45, 7) is 0. The molecular formula is C17H12ClIN2O3S. The molecule has 3 rings (SSSR count). The summed E-state index contributed by atoms with van der Waals surface area (Å²) in [6.07, 6.45) is 1.72. The molecule has 2 N–H and O–H groups in total. The zero-order valence-corrected chi connectivity index (χ0v) is 16.6. The van der Waals surface area contributed by atoms with Gasteiger partial charge in [0, 0.05) is 0 Å². The second kappa shape index (κ2) is 7.67. The maximum atomic E-state index is 12.2. The number of hydrogen-bond acceptors (Lipinski definition) is 5. The molecule has 25 heavy (non-hydrogen) atoms. The number of phenolic OH excluding ortho intramolecular Hbond substituents is 1. The van der Waals surface area contributed by atoms with E-state index in [-0.39, 0.29) is 11.7 Å². The molecule has 0 aromatic heterocycles. The number of nitrogens with one attached hydrogen (secondary N) is 1. The third kappa shape index (κ3) is 4.10. The topological polar surface area (TPSA) is 70.9 Å². The maximum absolute atomic E-state index is 12.2. The SMILES string of the molecule is COc1cc(C=C2SC(=Nc3ccccc3Cl)NC2=O)cc(I)c1O. The summed E-state index contributed by atoms with van der Waals surface area (Å²) >= 11 is 9.32.